The number of sulfonamides is 1. The maximum Gasteiger partial charge on any atom is 0.264 e. The molecule has 7 heteroatoms. The Hall–Kier alpha value is -4.10. The lowest BCUT2D eigenvalue weighted by atomic mass is 10.1. The molecule has 0 unspecified atom stereocenters. The highest BCUT2D eigenvalue weighted by Crippen LogP contribution is 2.29. The summed E-state index contributed by atoms with van der Waals surface area (Å²) in [5.41, 5.74) is 2.30. The van der Waals surface area contributed by atoms with E-state index < -0.39 is 10.0 Å². The zero-order valence-electron chi connectivity index (χ0n) is 20.0. The van der Waals surface area contributed by atoms with E-state index in [2.05, 4.69) is 5.32 Å². The summed E-state index contributed by atoms with van der Waals surface area (Å²) in [7, 11) is -3.95. The monoisotopic (exact) mass is 500 g/mol. The molecule has 6 nitrogen and oxygen atoms in total. The summed E-state index contributed by atoms with van der Waals surface area (Å²) in [5, 5.41) is 2.92. The van der Waals surface area contributed by atoms with Gasteiger partial charge in [0.2, 0.25) is 0 Å². The molecule has 36 heavy (non-hydrogen) atoms. The minimum absolute atomic E-state index is 0.0846. The van der Waals surface area contributed by atoms with E-state index in [0.717, 1.165) is 16.9 Å². The van der Waals surface area contributed by atoms with Gasteiger partial charge in [-0.2, -0.15) is 0 Å². The topological polar surface area (TPSA) is 75.7 Å². The zero-order valence-corrected chi connectivity index (χ0v) is 20.8. The van der Waals surface area contributed by atoms with Crippen LogP contribution < -0.4 is 14.4 Å². The summed E-state index contributed by atoms with van der Waals surface area (Å²) in [6.45, 7) is 2.88. The number of amides is 1. The quantitative estimate of drug-likeness (QED) is 0.316. The van der Waals surface area contributed by atoms with Gasteiger partial charge in [0, 0.05) is 6.54 Å². The van der Waals surface area contributed by atoms with E-state index in [1.54, 1.807) is 54.6 Å². The lowest BCUT2D eigenvalue weighted by Crippen LogP contribution is -2.33. The maximum atomic E-state index is 13.8. The first-order valence-corrected chi connectivity index (χ1v) is 13.1. The normalized spacial score (nSPS) is 11.0. The van der Waals surface area contributed by atoms with Crippen molar-refractivity contribution in [1.29, 1.82) is 0 Å². The number of hydrogen-bond donors (Lipinski definition) is 1. The Bertz CT molecular complexity index is 1390. The molecule has 0 heterocycles. The van der Waals surface area contributed by atoms with Crippen LogP contribution in [0.1, 0.15) is 28.4 Å². The zero-order chi connectivity index (χ0) is 25.4. The molecule has 0 bridgehead atoms. The molecule has 0 aliphatic heterocycles. The Morgan fingerprint density at radius 3 is 2.06 bits per heavy atom. The van der Waals surface area contributed by atoms with Gasteiger partial charge in [0.15, 0.2) is 0 Å². The van der Waals surface area contributed by atoms with Gasteiger partial charge in [-0.25, -0.2) is 8.42 Å². The highest BCUT2D eigenvalue weighted by molar-refractivity contribution is 7.92. The Morgan fingerprint density at radius 2 is 1.39 bits per heavy atom. The Labute approximate surface area is 212 Å². The fourth-order valence-electron chi connectivity index (χ4n) is 3.80. The summed E-state index contributed by atoms with van der Waals surface area (Å²) in [4.78, 5) is 13.4. The minimum Gasteiger partial charge on any atom is -0.494 e. The third-order valence-electron chi connectivity index (χ3n) is 5.61. The van der Waals surface area contributed by atoms with E-state index in [1.165, 1.54) is 4.31 Å². The predicted octanol–water partition coefficient (Wildman–Crippen LogP) is 5.41. The van der Waals surface area contributed by atoms with Crippen LogP contribution in [0.3, 0.4) is 0 Å². The Morgan fingerprint density at radius 1 is 0.778 bits per heavy atom. The number of hydrogen-bond acceptors (Lipinski definition) is 4. The largest absolute Gasteiger partial charge is 0.494 e. The van der Waals surface area contributed by atoms with E-state index in [9.17, 15) is 13.2 Å². The third-order valence-corrected chi connectivity index (χ3v) is 7.38. The number of benzene rings is 4. The van der Waals surface area contributed by atoms with Crippen molar-refractivity contribution in [2.75, 3.05) is 10.9 Å². The average Bonchev–Trinajstić information content (AvgIpc) is 2.92. The van der Waals surface area contributed by atoms with Crippen molar-refractivity contribution in [3.8, 4) is 5.75 Å². The van der Waals surface area contributed by atoms with Crippen LogP contribution in [0.2, 0.25) is 0 Å². The number of carbonyl (C=O) groups is 1. The van der Waals surface area contributed by atoms with Crippen molar-refractivity contribution < 1.29 is 17.9 Å². The van der Waals surface area contributed by atoms with Crippen LogP contribution in [0.4, 0.5) is 5.69 Å². The molecule has 1 amide bonds. The molecule has 0 radical (unpaired) electrons. The van der Waals surface area contributed by atoms with Gasteiger partial charge in [-0.15, -0.1) is 0 Å². The summed E-state index contributed by atoms with van der Waals surface area (Å²) >= 11 is 0. The highest BCUT2D eigenvalue weighted by atomic mass is 32.2. The molecule has 1 N–H and O–H groups in total. The van der Waals surface area contributed by atoms with Gasteiger partial charge in [-0.1, -0.05) is 72.8 Å². The van der Waals surface area contributed by atoms with E-state index >= 15 is 0 Å². The van der Waals surface area contributed by atoms with Crippen LogP contribution in [-0.4, -0.2) is 20.9 Å². The van der Waals surface area contributed by atoms with E-state index in [4.69, 9.17) is 4.74 Å². The molecular formula is C29H28N2O4S. The second-order valence-electron chi connectivity index (χ2n) is 8.09. The molecule has 0 atom stereocenters. The first-order chi connectivity index (χ1) is 17.5. The molecule has 0 aliphatic carbocycles. The van der Waals surface area contributed by atoms with Crippen LogP contribution in [-0.2, 0) is 23.1 Å². The van der Waals surface area contributed by atoms with Crippen molar-refractivity contribution in [2.24, 2.45) is 0 Å². The van der Waals surface area contributed by atoms with Gasteiger partial charge in [-0.05, 0) is 54.4 Å². The van der Waals surface area contributed by atoms with Crippen LogP contribution in [0.5, 0.6) is 5.75 Å². The molecule has 0 spiro atoms. The van der Waals surface area contributed by atoms with Gasteiger partial charge in [0.25, 0.3) is 15.9 Å². The number of nitrogens with zero attached hydrogens (tertiary/aromatic N) is 1. The molecule has 0 fully saturated rings. The summed E-state index contributed by atoms with van der Waals surface area (Å²) < 4.78 is 34.3. The Kier molecular flexibility index (Phi) is 8.02. The fraction of sp³-hybridized carbons (Fsp3) is 0.138. The van der Waals surface area contributed by atoms with Crippen LogP contribution in [0.25, 0.3) is 0 Å². The molecule has 4 rings (SSSR count). The third kappa shape index (κ3) is 5.93. The van der Waals surface area contributed by atoms with Gasteiger partial charge >= 0.3 is 0 Å². The van der Waals surface area contributed by atoms with Gasteiger partial charge in [0.05, 0.1) is 29.3 Å². The van der Waals surface area contributed by atoms with Crippen LogP contribution >= 0.6 is 0 Å². The fourth-order valence-corrected chi connectivity index (χ4v) is 5.29. The van der Waals surface area contributed by atoms with Crippen LogP contribution in [0.15, 0.2) is 114 Å². The van der Waals surface area contributed by atoms with Crippen molar-refractivity contribution in [1.82, 2.24) is 5.32 Å². The average molecular weight is 501 g/mol. The molecule has 0 saturated carbocycles. The van der Waals surface area contributed by atoms with Crippen LogP contribution in [0, 0.1) is 0 Å². The van der Waals surface area contributed by atoms with Gasteiger partial charge in [0.1, 0.15) is 5.75 Å². The molecule has 4 aromatic carbocycles. The van der Waals surface area contributed by atoms with E-state index in [1.807, 2.05) is 61.5 Å². The van der Waals surface area contributed by atoms with E-state index in [0.29, 0.717) is 18.8 Å². The predicted molar refractivity (Wildman–Crippen MR) is 141 cm³/mol. The second kappa shape index (κ2) is 11.6. The standard InChI is InChI=1S/C29H28N2O4S/c1-2-35-25-19-17-23(18-20-25)21-30-29(32)27-15-9-10-16-28(27)31(22-24-11-5-3-6-12-24)36(33,34)26-13-7-4-8-14-26/h3-20H,2,21-22H2,1H3,(H,30,32). The second-order valence-corrected chi connectivity index (χ2v) is 9.95. The lowest BCUT2D eigenvalue weighted by Gasteiger charge is -2.26. The van der Waals surface area contributed by atoms with Crippen molar-refractivity contribution in [3.63, 3.8) is 0 Å². The summed E-state index contributed by atoms with van der Waals surface area (Å²) in [6.07, 6.45) is 0. The number of nitrogens with one attached hydrogen (secondary N) is 1. The summed E-state index contributed by atoms with van der Waals surface area (Å²) in [5.74, 6) is 0.404. The first kappa shape index (κ1) is 25.0. The molecule has 184 valence electrons. The number of anilines is 1. The minimum atomic E-state index is -3.95. The molecule has 4 aromatic rings. The first-order valence-electron chi connectivity index (χ1n) is 11.7. The number of rotatable bonds is 10. The molecule has 0 saturated heterocycles. The smallest absolute Gasteiger partial charge is 0.264 e. The summed E-state index contributed by atoms with van der Waals surface area (Å²) in [6, 6.07) is 31.8. The van der Waals surface area contributed by atoms with Crippen molar-refractivity contribution >= 4 is 21.6 Å². The Balaban J connectivity index is 1.65. The lowest BCUT2D eigenvalue weighted by molar-refractivity contribution is 0.0951. The highest BCUT2D eigenvalue weighted by Gasteiger charge is 2.28. The number of para-hydroxylation sites is 1. The van der Waals surface area contributed by atoms with Gasteiger partial charge in [-0.3, -0.25) is 9.10 Å². The number of carbonyl (C=O) groups excluding carboxylic acids is 1. The van der Waals surface area contributed by atoms with Crippen molar-refractivity contribution in [2.45, 2.75) is 24.9 Å². The number of ether oxygens (including phenoxy) is 1. The van der Waals surface area contributed by atoms with E-state index in [-0.39, 0.29) is 22.9 Å². The van der Waals surface area contributed by atoms with Crippen molar-refractivity contribution in [3.05, 3.63) is 126 Å². The molecule has 0 aromatic heterocycles. The molecule has 0 aliphatic rings. The van der Waals surface area contributed by atoms with Gasteiger partial charge < -0.3 is 10.1 Å². The SMILES string of the molecule is CCOc1ccc(CNC(=O)c2ccccc2N(Cc2ccccc2)S(=O)(=O)c2ccccc2)cc1. The maximum absolute atomic E-state index is 13.8. The molecular weight excluding hydrogens is 472 g/mol.